The van der Waals surface area contributed by atoms with Crippen LogP contribution in [0.5, 0.6) is 0 Å². The highest BCUT2D eigenvalue weighted by Crippen LogP contribution is 2.08. The Bertz CT molecular complexity index is 878. The van der Waals surface area contributed by atoms with Crippen LogP contribution in [0.25, 0.3) is 0 Å². The molecule has 7 heteroatoms. The van der Waals surface area contributed by atoms with E-state index in [1.807, 2.05) is 35.1 Å². The van der Waals surface area contributed by atoms with Crippen LogP contribution in [0.2, 0.25) is 0 Å². The molecule has 0 bridgehead atoms. The monoisotopic (exact) mass is 493 g/mol. The third-order valence-corrected chi connectivity index (χ3v) is 4.28. The van der Waals surface area contributed by atoms with Crippen molar-refractivity contribution in [2.24, 2.45) is 4.99 Å². The Morgan fingerprint density at radius 2 is 1.89 bits per heavy atom. The molecule has 0 atom stereocenters. The molecule has 3 aromatic rings. The lowest BCUT2D eigenvalue weighted by Gasteiger charge is -2.22. The van der Waals surface area contributed by atoms with E-state index >= 15 is 0 Å². The number of aliphatic imine (C=N–C) groups is 1. The second kappa shape index (κ2) is 10.8. The zero-order valence-electron chi connectivity index (χ0n) is 16.0. The van der Waals surface area contributed by atoms with E-state index in [0.717, 1.165) is 18.1 Å². The summed E-state index contributed by atoms with van der Waals surface area (Å²) < 4.78 is 15.4. The van der Waals surface area contributed by atoms with Gasteiger partial charge in [0.15, 0.2) is 5.96 Å². The molecule has 1 heterocycles. The molecule has 28 heavy (non-hydrogen) atoms. The summed E-state index contributed by atoms with van der Waals surface area (Å²) in [7, 11) is 3.69. The van der Waals surface area contributed by atoms with Gasteiger partial charge in [0.2, 0.25) is 0 Å². The van der Waals surface area contributed by atoms with E-state index in [4.69, 9.17) is 0 Å². The Morgan fingerprint density at radius 3 is 2.54 bits per heavy atom. The largest absolute Gasteiger partial charge is 0.352 e. The Balaban J connectivity index is 0.00000280. The third kappa shape index (κ3) is 6.33. The summed E-state index contributed by atoms with van der Waals surface area (Å²) >= 11 is 0. The molecule has 2 aromatic carbocycles. The van der Waals surface area contributed by atoms with E-state index in [9.17, 15) is 4.39 Å². The number of hydrogen-bond acceptors (Lipinski definition) is 2. The third-order valence-electron chi connectivity index (χ3n) is 4.28. The highest BCUT2D eigenvalue weighted by molar-refractivity contribution is 14.0. The quantitative estimate of drug-likeness (QED) is 0.322. The number of hydrogen-bond donors (Lipinski definition) is 1. The molecular formula is C21H25FIN5. The van der Waals surface area contributed by atoms with Crippen molar-refractivity contribution in [3.63, 3.8) is 0 Å². The molecule has 0 saturated heterocycles. The van der Waals surface area contributed by atoms with Gasteiger partial charge in [-0.05, 0) is 28.8 Å². The molecule has 0 aliphatic carbocycles. The van der Waals surface area contributed by atoms with Gasteiger partial charge in [0.1, 0.15) is 5.82 Å². The highest BCUT2D eigenvalue weighted by atomic mass is 127. The fourth-order valence-corrected chi connectivity index (χ4v) is 2.90. The van der Waals surface area contributed by atoms with Crippen molar-refractivity contribution in [3.05, 3.63) is 89.8 Å². The Hall–Kier alpha value is -2.42. The maximum absolute atomic E-state index is 13.4. The first kappa shape index (κ1) is 21.9. The van der Waals surface area contributed by atoms with Crippen LogP contribution >= 0.6 is 24.0 Å². The molecular weight excluding hydrogens is 468 g/mol. The van der Waals surface area contributed by atoms with E-state index in [2.05, 4.69) is 39.6 Å². The SMILES string of the molecule is CN=C(NCc1ccc(Cn2ccnc2)cc1)N(C)Cc1cccc(F)c1.I. The summed E-state index contributed by atoms with van der Waals surface area (Å²) in [6.07, 6.45) is 5.55. The average molecular weight is 493 g/mol. The van der Waals surface area contributed by atoms with Crippen LogP contribution in [0.4, 0.5) is 4.39 Å². The van der Waals surface area contributed by atoms with Gasteiger partial charge < -0.3 is 14.8 Å². The van der Waals surface area contributed by atoms with E-state index in [-0.39, 0.29) is 29.8 Å². The van der Waals surface area contributed by atoms with Crippen LogP contribution in [0.15, 0.2) is 72.2 Å². The van der Waals surface area contributed by atoms with Gasteiger partial charge in [-0.15, -0.1) is 24.0 Å². The number of nitrogens with zero attached hydrogens (tertiary/aromatic N) is 4. The highest BCUT2D eigenvalue weighted by Gasteiger charge is 2.07. The van der Waals surface area contributed by atoms with E-state index in [1.165, 1.54) is 17.2 Å². The normalized spacial score (nSPS) is 11.0. The number of imidazole rings is 1. The molecule has 1 aromatic heterocycles. The first-order valence-electron chi connectivity index (χ1n) is 8.84. The van der Waals surface area contributed by atoms with Crippen LogP contribution in [0, 0.1) is 5.82 Å². The van der Waals surface area contributed by atoms with Crippen molar-refractivity contribution < 1.29 is 4.39 Å². The number of halogens is 2. The Morgan fingerprint density at radius 1 is 1.14 bits per heavy atom. The molecule has 0 spiro atoms. The first-order valence-corrected chi connectivity index (χ1v) is 8.84. The van der Waals surface area contributed by atoms with Gasteiger partial charge in [-0.3, -0.25) is 4.99 Å². The van der Waals surface area contributed by atoms with Gasteiger partial charge >= 0.3 is 0 Å². The second-order valence-electron chi connectivity index (χ2n) is 6.44. The molecule has 1 N–H and O–H groups in total. The second-order valence-corrected chi connectivity index (χ2v) is 6.44. The molecule has 0 unspecified atom stereocenters. The average Bonchev–Trinajstić information content (AvgIpc) is 3.16. The lowest BCUT2D eigenvalue weighted by molar-refractivity contribution is 0.474. The molecule has 5 nitrogen and oxygen atoms in total. The summed E-state index contributed by atoms with van der Waals surface area (Å²) in [6, 6.07) is 15.1. The van der Waals surface area contributed by atoms with Crippen LogP contribution in [0.1, 0.15) is 16.7 Å². The predicted octanol–water partition coefficient (Wildman–Crippen LogP) is 3.90. The Kier molecular flexibility index (Phi) is 8.43. The van der Waals surface area contributed by atoms with E-state index in [0.29, 0.717) is 13.1 Å². The summed E-state index contributed by atoms with van der Waals surface area (Å²) in [4.78, 5) is 10.4. The zero-order valence-corrected chi connectivity index (χ0v) is 18.4. The number of guanidine groups is 1. The number of nitrogens with one attached hydrogen (secondary N) is 1. The van der Waals surface area contributed by atoms with Crippen LogP contribution in [0.3, 0.4) is 0 Å². The standard InChI is InChI=1S/C21H24FN5.HI/c1-23-21(26(2)14-19-4-3-5-20(22)12-19)25-13-17-6-8-18(9-7-17)15-27-11-10-24-16-27;/h3-12,16H,13-15H2,1-2H3,(H,23,25);1H. The van der Waals surface area contributed by atoms with Gasteiger partial charge in [-0.25, -0.2) is 9.37 Å². The van der Waals surface area contributed by atoms with Crippen LogP contribution in [-0.2, 0) is 19.6 Å². The van der Waals surface area contributed by atoms with Crippen molar-refractivity contribution in [1.29, 1.82) is 0 Å². The summed E-state index contributed by atoms with van der Waals surface area (Å²) in [5.41, 5.74) is 3.30. The topological polar surface area (TPSA) is 45.5 Å². The summed E-state index contributed by atoms with van der Waals surface area (Å²) in [5, 5.41) is 3.35. The minimum Gasteiger partial charge on any atom is -0.352 e. The fourth-order valence-electron chi connectivity index (χ4n) is 2.90. The molecule has 3 rings (SSSR count). The minimum atomic E-state index is -0.223. The van der Waals surface area contributed by atoms with E-state index < -0.39 is 0 Å². The van der Waals surface area contributed by atoms with Gasteiger partial charge in [-0.2, -0.15) is 0 Å². The fraction of sp³-hybridized carbons (Fsp3) is 0.238. The lowest BCUT2D eigenvalue weighted by atomic mass is 10.1. The predicted molar refractivity (Wildman–Crippen MR) is 121 cm³/mol. The minimum absolute atomic E-state index is 0. The Labute approximate surface area is 182 Å². The maximum atomic E-state index is 13.4. The van der Waals surface area contributed by atoms with Crippen molar-refractivity contribution >= 4 is 29.9 Å². The molecule has 0 fully saturated rings. The summed E-state index contributed by atoms with van der Waals surface area (Å²) in [6.45, 7) is 2.07. The van der Waals surface area contributed by atoms with Gasteiger partial charge in [-0.1, -0.05) is 36.4 Å². The molecule has 148 valence electrons. The molecule has 0 radical (unpaired) electrons. The van der Waals surface area contributed by atoms with Crippen molar-refractivity contribution in [1.82, 2.24) is 19.8 Å². The van der Waals surface area contributed by atoms with Crippen LogP contribution < -0.4 is 5.32 Å². The molecule has 0 amide bonds. The number of rotatable bonds is 6. The lowest BCUT2D eigenvalue weighted by Crippen LogP contribution is -2.38. The molecule has 0 aliphatic heterocycles. The first-order chi connectivity index (χ1) is 13.1. The number of benzene rings is 2. The van der Waals surface area contributed by atoms with Crippen LogP contribution in [-0.4, -0.2) is 34.5 Å². The van der Waals surface area contributed by atoms with Crippen molar-refractivity contribution in [2.45, 2.75) is 19.6 Å². The molecule has 0 aliphatic rings. The van der Waals surface area contributed by atoms with Crippen molar-refractivity contribution in [2.75, 3.05) is 14.1 Å². The summed E-state index contributed by atoms with van der Waals surface area (Å²) in [5.74, 6) is 0.543. The van der Waals surface area contributed by atoms with Gasteiger partial charge in [0.25, 0.3) is 0 Å². The zero-order chi connectivity index (χ0) is 19.1. The number of aromatic nitrogens is 2. The van der Waals surface area contributed by atoms with Gasteiger partial charge in [0, 0.05) is 46.1 Å². The van der Waals surface area contributed by atoms with Gasteiger partial charge in [0.05, 0.1) is 6.33 Å². The van der Waals surface area contributed by atoms with Crippen molar-refractivity contribution in [3.8, 4) is 0 Å². The maximum Gasteiger partial charge on any atom is 0.193 e. The van der Waals surface area contributed by atoms with E-state index in [1.54, 1.807) is 25.4 Å². The molecule has 0 saturated carbocycles. The smallest absolute Gasteiger partial charge is 0.193 e.